The molecule has 0 heterocycles. The fraction of sp³-hybridized carbons (Fsp3) is 0.222. The largest absolute Gasteiger partial charge is 0.497 e. The first-order chi connectivity index (χ1) is 11.9. The molecule has 2 N–H and O–H groups in total. The summed E-state index contributed by atoms with van der Waals surface area (Å²) in [6.07, 6.45) is 0.992. The second-order valence-electron chi connectivity index (χ2n) is 5.85. The Morgan fingerprint density at radius 3 is 2.16 bits per heavy atom. The molecule has 0 unspecified atom stereocenters. The van der Waals surface area contributed by atoms with E-state index in [9.17, 15) is 9.59 Å². The number of amides is 2. The van der Waals surface area contributed by atoms with Gasteiger partial charge in [-0.2, -0.15) is 0 Å². The van der Waals surface area contributed by atoms with Crippen molar-refractivity contribution >= 4 is 46.4 Å². The second kappa shape index (κ2) is 6.94. The van der Waals surface area contributed by atoms with E-state index in [1.54, 1.807) is 49.6 Å². The Bertz CT molecular complexity index is 835. The number of rotatable bonds is 5. The van der Waals surface area contributed by atoms with Crippen LogP contribution >= 0.6 is 23.2 Å². The zero-order valence-electron chi connectivity index (χ0n) is 13.4. The minimum atomic E-state index is -1.06. The molecule has 1 aliphatic carbocycles. The number of hydrogen-bond donors (Lipinski definition) is 2. The molecule has 0 aliphatic heterocycles. The summed E-state index contributed by atoms with van der Waals surface area (Å²) in [5, 5.41) is 6.25. The van der Waals surface area contributed by atoms with E-state index in [-0.39, 0.29) is 11.8 Å². The zero-order chi connectivity index (χ0) is 18.0. The smallest absolute Gasteiger partial charge is 0.240 e. The van der Waals surface area contributed by atoms with Crippen molar-refractivity contribution in [3.63, 3.8) is 0 Å². The van der Waals surface area contributed by atoms with E-state index in [4.69, 9.17) is 27.9 Å². The van der Waals surface area contributed by atoms with Gasteiger partial charge in [-0.15, -0.1) is 0 Å². The number of carbonyl (C=O) groups excluding carboxylic acids is 2. The van der Waals surface area contributed by atoms with Crippen molar-refractivity contribution < 1.29 is 14.3 Å². The lowest BCUT2D eigenvalue weighted by molar-refractivity contribution is -0.131. The maximum atomic E-state index is 12.6. The van der Waals surface area contributed by atoms with E-state index < -0.39 is 5.41 Å². The topological polar surface area (TPSA) is 67.4 Å². The molecule has 0 saturated heterocycles. The second-order valence-corrected chi connectivity index (χ2v) is 6.67. The van der Waals surface area contributed by atoms with Gasteiger partial charge in [-0.25, -0.2) is 0 Å². The van der Waals surface area contributed by atoms with Crippen molar-refractivity contribution in [1.82, 2.24) is 0 Å². The lowest BCUT2D eigenvalue weighted by Crippen LogP contribution is -2.35. The third-order valence-electron chi connectivity index (χ3n) is 4.12. The number of hydrogen-bond acceptors (Lipinski definition) is 3. The average Bonchev–Trinajstić information content (AvgIpc) is 3.40. The van der Waals surface area contributed by atoms with Crippen molar-refractivity contribution in [3.8, 4) is 5.75 Å². The molecule has 0 bridgehead atoms. The number of halogens is 2. The first-order valence-electron chi connectivity index (χ1n) is 7.67. The van der Waals surface area contributed by atoms with Gasteiger partial charge in [0.25, 0.3) is 0 Å². The minimum Gasteiger partial charge on any atom is -0.497 e. The molecule has 3 rings (SSSR count). The molecular weight excluding hydrogens is 363 g/mol. The Balaban J connectivity index is 1.71. The van der Waals surface area contributed by atoms with Crippen LogP contribution in [0.2, 0.25) is 10.0 Å². The van der Waals surface area contributed by atoms with Gasteiger partial charge in [-0.1, -0.05) is 29.3 Å². The molecule has 2 aromatic carbocycles. The summed E-state index contributed by atoms with van der Waals surface area (Å²) < 4.78 is 5.13. The van der Waals surface area contributed by atoms with Gasteiger partial charge in [0.1, 0.15) is 11.2 Å². The molecule has 2 aromatic rings. The summed E-state index contributed by atoms with van der Waals surface area (Å²) >= 11 is 11.8. The molecule has 0 spiro atoms. The normalized spacial score (nSPS) is 14.5. The maximum absolute atomic E-state index is 12.6. The van der Waals surface area contributed by atoms with Crippen LogP contribution in [0.25, 0.3) is 0 Å². The minimum absolute atomic E-state index is 0.335. The van der Waals surface area contributed by atoms with Crippen molar-refractivity contribution in [2.24, 2.45) is 5.41 Å². The molecule has 1 aliphatic rings. The lowest BCUT2D eigenvalue weighted by atomic mass is 10.0. The summed E-state index contributed by atoms with van der Waals surface area (Å²) in [7, 11) is 1.55. The summed E-state index contributed by atoms with van der Waals surface area (Å²) in [4.78, 5) is 25.2. The fourth-order valence-corrected chi connectivity index (χ4v) is 2.76. The predicted octanol–water partition coefficient (Wildman–Crippen LogP) is 4.36. The molecule has 0 atom stereocenters. The number of ether oxygens (including phenoxy) is 1. The van der Waals surface area contributed by atoms with Gasteiger partial charge in [0, 0.05) is 17.4 Å². The standard InChI is InChI=1S/C18H16Cl2N2O3/c1-25-13-4-2-3-11(9-13)21-16(23)18(7-8-18)17(24)22-12-5-6-14(19)15(20)10-12/h2-6,9-10H,7-8H2,1H3,(H,21,23)(H,22,24). The molecular formula is C18H16Cl2N2O3. The molecule has 25 heavy (non-hydrogen) atoms. The Kier molecular flexibility index (Phi) is 4.88. The number of anilines is 2. The molecule has 5 nitrogen and oxygen atoms in total. The monoisotopic (exact) mass is 378 g/mol. The van der Waals surface area contributed by atoms with Gasteiger partial charge in [-0.3, -0.25) is 9.59 Å². The number of carbonyl (C=O) groups is 2. The van der Waals surface area contributed by atoms with Crippen molar-refractivity contribution in [2.75, 3.05) is 17.7 Å². The predicted molar refractivity (Wildman–Crippen MR) is 98.4 cm³/mol. The Morgan fingerprint density at radius 2 is 1.60 bits per heavy atom. The molecule has 0 radical (unpaired) electrons. The molecule has 2 amide bonds. The highest BCUT2D eigenvalue weighted by atomic mass is 35.5. The molecule has 7 heteroatoms. The van der Waals surface area contributed by atoms with Crippen LogP contribution < -0.4 is 15.4 Å². The van der Waals surface area contributed by atoms with Gasteiger partial charge >= 0.3 is 0 Å². The Hall–Kier alpha value is -2.24. The van der Waals surface area contributed by atoms with E-state index >= 15 is 0 Å². The van der Waals surface area contributed by atoms with Crippen LogP contribution in [0.4, 0.5) is 11.4 Å². The highest BCUT2D eigenvalue weighted by molar-refractivity contribution is 6.42. The molecule has 130 valence electrons. The number of methoxy groups -OCH3 is 1. The van der Waals surface area contributed by atoms with Crippen LogP contribution in [0.15, 0.2) is 42.5 Å². The van der Waals surface area contributed by atoms with Crippen LogP contribution in [-0.4, -0.2) is 18.9 Å². The number of nitrogens with one attached hydrogen (secondary N) is 2. The Morgan fingerprint density at radius 1 is 0.960 bits per heavy atom. The summed E-state index contributed by atoms with van der Waals surface area (Å²) in [5.41, 5.74) is 0.0210. The maximum Gasteiger partial charge on any atom is 0.240 e. The summed E-state index contributed by atoms with van der Waals surface area (Å²) in [5.74, 6) is -0.0625. The van der Waals surface area contributed by atoms with Gasteiger partial charge in [0.15, 0.2) is 0 Å². The van der Waals surface area contributed by atoms with Gasteiger partial charge in [0.2, 0.25) is 11.8 Å². The first-order valence-corrected chi connectivity index (χ1v) is 8.42. The average molecular weight is 379 g/mol. The highest BCUT2D eigenvalue weighted by Crippen LogP contribution is 2.47. The SMILES string of the molecule is COc1cccc(NC(=O)C2(C(=O)Nc3ccc(Cl)c(Cl)c3)CC2)c1. The number of benzene rings is 2. The summed E-state index contributed by atoms with van der Waals surface area (Å²) in [6, 6.07) is 11.8. The molecule has 1 saturated carbocycles. The van der Waals surface area contributed by atoms with Crippen molar-refractivity contribution in [3.05, 3.63) is 52.5 Å². The van der Waals surface area contributed by atoms with Gasteiger partial charge in [-0.05, 0) is 43.2 Å². The van der Waals surface area contributed by atoms with E-state index in [0.29, 0.717) is 40.0 Å². The van der Waals surface area contributed by atoms with Crippen LogP contribution in [-0.2, 0) is 9.59 Å². The highest BCUT2D eigenvalue weighted by Gasteiger charge is 2.56. The van der Waals surface area contributed by atoms with E-state index in [0.717, 1.165) is 0 Å². The third kappa shape index (κ3) is 3.72. The lowest BCUT2D eigenvalue weighted by Gasteiger charge is -2.16. The van der Waals surface area contributed by atoms with Gasteiger partial charge in [0.05, 0.1) is 17.2 Å². The van der Waals surface area contributed by atoms with E-state index in [1.807, 2.05) is 0 Å². The van der Waals surface area contributed by atoms with Crippen molar-refractivity contribution in [2.45, 2.75) is 12.8 Å². The fourth-order valence-electron chi connectivity index (χ4n) is 2.46. The zero-order valence-corrected chi connectivity index (χ0v) is 14.9. The van der Waals surface area contributed by atoms with Crippen LogP contribution in [0.5, 0.6) is 5.75 Å². The Labute approximate surface area is 155 Å². The molecule has 1 fully saturated rings. The quantitative estimate of drug-likeness (QED) is 0.759. The first kappa shape index (κ1) is 17.6. The van der Waals surface area contributed by atoms with Crippen LogP contribution in [0, 0.1) is 5.41 Å². The van der Waals surface area contributed by atoms with Crippen LogP contribution in [0.1, 0.15) is 12.8 Å². The molecule has 0 aromatic heterocycles. The van der Waals surface area contributed by atoms with Crippen molar-refractivity contribution in [1.29, 1.82) is 0 Å². The third-order valence-corrected chi connectivity index (χ3v) is 4.86. The van der Waals surface area contributed by atoms with Crippen LogP contribution in [0.3, 0.4) is 0 Å². The van der Waals surface area contributed by atoms with E-state index in [2.05, 4.69) is 10.6 Å². The van der Waals surface area contributed by atoms with E-state index in [1.165, 1.54) is 0 Å². The van der Waals surface area contributed by atoms with Gasteiger partial charge < -0.3 is 15.4 Å². The summed E-state index contributed by atoms with van der Waals surface area (Å²) in [6.45, 7) is 0.